The van der Waals surface area contributed by atoms with Crippen LogP contribution in [0.2, 0.25) is 5.02 Å². The van der Waals surface area contributed by atoms with Crippen LogP contribution in [0, 0.1) is 10.1 Å². The third kappa shape index (κ3) is 5.09. The Morgan fingerprint density at radius 1 is 1.02 bits per heavy atom. The van der Waals surface area contributed by atoms with Gasteiger partial charge in [0.1, 0.15) is 11.1 Å². The maximum Gasteiger partial charge on any atom is 0.313 e. The van der Waals surface area contributed by atoms with E-state index in [0.717, 1.165) is 16.5 Å². The van der Waals surface area contributed by atoms with Crippen LogP contribution >= 0.6 is 11.6 Å². The number of imide groups is 1. The standard InChI is InChI=1S/C30H23ClN2O8/c1-30(2,3)17-9-7-16(8-10-17)26-27(25(35)20-15-18(31)11-12-22(20)40-26)41-23(34)13-14-32-28(36)19-5-4-6-21(33(38)39)24(19)29(32)37/h4-12,15H,13-14H2,1-3H3. The number of fused-ring (bicyclic) bond motifs is 2. The third-order valence-electron chi connectivity index (χ3n) is 6.75. The normalized spacial score (nSPS) is 13.0. The van der Waals surface area contributed by atoms with Gasteiger partial charge < -0.3 is 9.15 Å². The fourth-order valence-electron chi connectivity index (χ4n) is 4.59. The quantitative estimate of drug-likeness (QED) is 0.120. The van der Waals surface area contributed by atoms with Gasteiger partial charge >= 0.3 is 5.97 Å². The molecule has 0 N–H and O–H groups in total. The van der Waals surface area contributed by atoms with Gasteiger partial charge in [-0.3, -0.25) is 34.2 Å². The molecule has 5 rings (SSSR count). The molecule has 4 aromatic rings. The minimum absolute atomic E-state index is 0.0231. The lowest BCUT2D eigenvalue weighted by atomic mass is 9.86. The Labute approximate surface area is 238 Å². The molecule has 1 aromatic heterocycles. The summed E-state index contributed by atoms with van der Waals surface area (Å²) in [4.78, 5) is 63.4. The molecular weight excluding hydrogens is 552 g/mol. The number of nitro groups is 1. The molecule has 3 aromatic carbocycles. The monoisotopic (exact) mass is 574 g/mol. The van der Waals surface area contributed by atoms with E-state index >= 15 is 0 Å². The maximum absolute atomic E-state index is 13.5. The number of nitro benzene ring substituents is 1. The molecule has 2 heterocycles. The summed E-state index contributed by atoms with van der Waals surface area (Å²) < 4.78 is 11.5. The van der Waals surface area contributed by atoms with Crippen LogP contribution in [0.25, 0.3) is 22.3 Å². The molecule has 1 aliphatic heterocycles. The lowest BCUT2D eigenvalue weighted by Crippen LogP contribution is -2.33. The summed E-state index contributed by atoms with van der Waals surface area (Å²) >= 11 is 6.08. The molecule has 11 heteroatoms. The summed E-state index contributed by atoms with van der Waals surface area (Å²) in [5, 5.41) is 11.7. The van der Waals surface area contributed by atoms with Gasteiger partial charge in [-0.15, -0.1) is 0 Å². The Hall–Kier alpha value is -4.83. The van der Waals surface area contributed by atoms with E-state index in [4.69, 9.17) is 20.8 Å². The van der Waals surface area contributed by atoms with Gasteiger partial charge in [0.15, 0.2) is 5.76 Å². The highest BCUT2D eigenvalue weighted by atomic mass is 35.5. The number of rotatable bonds is 6. The number of hydrogen-bond acceptors (Lipinski definition) is 8. The zero-order valence-corrected chi connectivity index (χ0v) is 23.0. The predicted molar refractivity (Wildman–Crippen MR) is 150 cm³/mol. The number of nitrogens with zero attached hydrogens (tertiary/aromatic N) is 2. The van der Waals surface area contributed by atoms with Gasteiger partial charge in [0.25, 0.3) is 17.5 Å². The highest BCUT2D eigenvalue weighted by Gasteiger charge is 2.41. The number of esters is 1. The highest BCUT2D eigenvalue weighted by Crippen LogP contribution is 2.34. The van der Waals surface area contributed by atoms with Gasteiger partial charge in [0.2, 0.25) is 11.2 Å². The van der Waals surface area contributed by atoms with E-state index in [1.165, 1.54) is 18.2 Å². The molecule has 0 bridgehead atoms. The fraction of sp³-hybridized carbons (Fsp3) is 0.200. The SMILES string of the molecule is CC(C)(C)c1ccc(-c2oc3ccc(Cl)cc3c(=O)c2OC(=O)CCN2C(=O)c3cccc([N+](=O)[O-])c3C2=O)cc1. The highest BCUT2D eigenvalue weighted by molar-refractivity contribution is 6.31. The molecule has 0 fully saturated rings. The molecule has 2 amide bonds. The summed E-state index contributed by atoms with van der Waals surface area (Å²) in [6, 6.07) is 15.5. The molecule has 0 spiro atoms. The zero-order valence-electron chi connectivity index (χ0n) is 22.2. The van der Waals surface area contributed by atoms with Crippen LogP contribution in [0.1, 0.15) is 53.5 Å². The van der Waals surface area contributed by atoms with E-state index in [2.05, 4.69) is 20.8 Å². The summed E-state index contributed by atoms with van der Waals surface area (Å²) in [5.41, 5.74) is 0.0580. The number of hydrogen-bond donors (Lipinski definition) is 0. The Kier molecular flexibility index (Phi) is 6.96. The van der Waals surface area contributed by atoms with Crippen LogP contribution in [-0.4, -0.2) is 34.2 Å². The Balaban J connectivity index is 1.45. The van der Waals surface area contributed by atoms with E-state index in [9.17, 15) is 29.3 Å². The van der Waals surface area contributed by atoms with Gasteiger partial charge in [-0.05, 0) is 35.2 Å². The minimum atomic E-state index is -0.919. The summed E-state index contributed by atoms with van der Waals surface area (Å²) in [6.07, 6.45) is -0.477. The third-order valence-corrected chi connectivity index (χ3v) is 6.99. The lowest BCUT2D eigenvalue weighted by Gasteiger charge is -2.19. The Morgan fingerprint density at radius 3 is 2.39 bits per heavy atom. The van der Waals surface area contributed by atoms with E-state index in [0.29, 0.717) is 5.56 Å². The number of benzene rings is 3. The molecule has 208 valence electrons. The molecule has 0 saturated carbocycles. The summed E-state index contributed by atoms with van der Waals surface area (Å²) in [7, 11) is 0. The smallest absolute Gasteiger partial charge is 0.313 e. The van der Waals surface area contributed by atoms with Crippen LogP contribution in [-0.2, 0) is 10.2 Å². The van der Waals surface area contributed by atoms with Crippen molar-refractivity contribution in [1.29, 1.82) is 0 Å². The molecule has 0 atom stereocenters. The van der Waals surface area contributed by atoms with Gasteiger partial charge in [-0.2, -0.15) is 0 Å². The Morgan fingerprint density at radius 2 is 1.73 bits per heavy atom. The van der Waals surface area contributed by atoms with Crippen molar-refractivity contribution in [2.24, 2.45) is 0 Å². The van der Waals surface area contributed by atoms with E-state index in [1.807, 2.05) is 12.1 Å². The molecule has 41 heavy (non-hydrogen) atoms. The lowest BCUT2D eigenvalue weighted by molar-refractivity contribution is -0.385. The fourth-order valence-corrected chi connectivity index (χ4v) is 4.77. The van der Waals surface area contributed by atoms with Crippen molar-refractivity contribution in [3.63, 3.8) is 0 Å². The minimum Gasteiger partial charge on any atom is -0.452 e. The zero-order chi connectivity index (χ0) is 29.6. The van der Waals surface area contributed by atoms with Crippen LogP contribution < -0.4 is 10.2 Å². The first-order valence-electron chi connectivity index (χ1n) is 12.6. The predicted octanol–water partition coefficient (Wildman–Crippen LogP) is 5.91. The molecule has 0 saturated heterocycles. The number of amides is 2. The second-order valence-corrected chi connectivity index (χ2v) is 10.9. The van der Waals surface area contributed by atoms with Gasteiger partial charge in [0.05, 0.1) is 22.3 Å². The van der Waals surface area contributed by atoms with Crippen LogP contribution in [0.4, 0.5) is 5.69 Å². The van der Waals surface area contributed by atoms with Crippen LogP contribution in [0.5, 0.6) is 5.75 Å². The number of carbonyl (C=O) groups is 3. The largest absolute Gasteiger partial charge is 0.452 e. The van der Waals surface area contributed by atoms with Crippen molar-refractivity contribution in [3.8, 4) is 17.1 Å². The summed E-state index contributed by atoms with van der Waals surface area (Å²) in [6.45, 7) is 5.76. The van der Waals surface area contributed by atoms with Gasteiger partial charge in [-0.25, -0.2) is 0 Å². The molecule has 0 aliphatic carbocycles. The van der Waals surface area contributed by atoms with Gasteiger partial charge in [-0.1, -0.05) is 62.7 Å². The van der Waals surface area contributed by atoms with E-state index in [-0.39, 0.29) is 44.0 Å². The maximum atomic E-state index is 13.5. The van der Waals surface area contributed by atoms with Gasteiger partial charge in [0, 0.05) is 23.2 Å². The number of ether oxygens (including phenoxy) is 1. The first-order chi connectivity index (χ1) is 19.4. The van der Waals surface area contributed by atoms with Crippen LogP contribution in [0.3, 0.4) is 0 Å². The Bertz CT molecular complexity index is 1820. The topological polar surface area (TPSA) is 137 Å². The first-order valence-corrected chi connectivity index (χ1v) is 13.0. The number of halogens is 1. The van der Waals surface area contributed by atoms with Crippen molar-refractivity contribution >= 4 is 46.0 Å². The van der Waals surface area contributed by atoms with E-state index < -0.39 is 46.8 Å². The first kappa shape index (κ1) is 27.7. The molecule has 1 aliphatic rings. The molecule has 0 unspecified atom stereocenters. The van der Waals surface area contributed by atoms with Crippen molar-refractivity contribution in [1.82, 2.24) is 4.90 Å². The second kappa shape index (κ2) is 10.3. The summed E-state index contributed by atoms with van der Waals surface area (Å²) in [5.74, 6) is -2.91. The molecular formula is C30H23ClN2O8. The van der Waals surface area contributed by atoms with Crippen molar-refractivity contribution in [2.75, 3.05) is 6.54 Å². The van der Waals surface area contributed by atoms with Crippen molar-refractivity contribution in [3.05, 3.63) is 103 Å². The molecule has 0 radical (unpaired) electrons. The van der Waals surface area contributed by atoms with Crippen LogP contribution in [0.15, 0.2) is 69.9 Å². The van der Waals surface area contributed by atoms with Crippen molar-refractivity contribution in [2.45, 2.75) is 32.6 Å². The average molecular weight is 575 g/mol. The average Bonchev–Trinajstić information content (AvgIpc) is 3.17. The van der Waals surface area contributed by atoms with Crippen molar-refractivity contribution < 1.29 is 28.5 Å². The second-order valence-electron chi connectivity index (χ2n) is 10.5. The van der Waals surface area contributed by atoms with E-state index in [1.54, 1.807) is 24.3 Å². The molecule has 10 nitrogen and oxygen atoms in total. The number of carbonyl (C=O) groups excluding carboxylic acids is 3.